The topological polar surface area (TPSA) is 298 Å². The molecule has 18 nitrogen and oxygen atoms in total. The monoisotopic (exact) mass is 714 g/mol. The van der Waals surface area contributed by atoms with Crippen LogP contribution in [-0.2, 0) is 14.2 Å². The van der Waals surface area contributed by atoms with E-state index in [-0.39, 0.29) is 17.2 Å². The van der Waals surface area contributed by atoms with Gasteiger partial charge >= 0.3 is 0 Å². The van der Waals surface area contributed by atoms with Crippen LogP contribution in [0.1, 0.15) is 11.1 Å². The minimum Gasteiger partial charge on any atom is -0.462 e. The van der Waals surface area contributed by atoms with E-state index in [4.69, 9.17) is 28.4 Å². The minimum atomic E-state index is -1.73. The van der Waals surface area contributed by atoms with Crippen molar-refractivity contribution in [3.63, 3.8) is 0 Å². The van der Waals surface area contributed by atoms with Gasteiger partial charge in [-0.3, -0.25) is 0 Å². The highest BCUT2D eigenvalue weighted by Crippen LogP contribution is 2.32. The first kappa shape index (κ1) is 38.2. The maximum Gasteiger partial charge on any atom is 0.229 e. The van der Waals surface area contributed by atoms with E-state index in [9.17, 15) is 61.3 Å². The van der Waals surface area contributed by atoms with E-state index in [1.165, 1.54) is 30.3 Å². The fourth-order valence-electron chi connectivity index (χ4n) is 5.57. The summed E-state index contributed by atoms with van der Waals surface area (Å²) in [7, 11) is 0. The van der Waals surface area contributed by atoms with E-state index in [1.54, 1.807) is 24.3 Å². The van der Waals surface area contributed by atoms with Gasteiger partial charge in [-0.25, -0.2) is 0 Å². The van der Waals surface area contributed by atoms with Crippen molar-refractivity contribution in [3.8, 4) is 17.2 Å². The lowest BCUT2D eigenvalue weighted by Gasteiger charge is -2.40. The van der Waals surface area contributed by atoms with E-state index in [0.717, 1.165) is 0 Å². The lowest BCUT2D eigenvalue weighted by molar-refractivity contribution is -0.278. The minimum absolute atomic E-state index is 0.0145. The highest BCUT2D eigenvalue weighted by Gasteiger charge is 2.47. The van der Waals surface area contributed by atoms with Gasteiger partial charge in [0.2, 0.25) is 18.9 Å². The second-order valence-electron chi connectivity index (χ2n) is 12.1. The van der Waals surface area contributed by atoms with E-state index in [0.29, 0.717) is 11.1 Å². The first-order chi connectivity index (χ1) is 23.8. The molecule has 0 aliphatic carbocycles. The van der Waals surface area contributed by atoms with Crippen LogP contribution in [-0.4, -0.2) is 173 Å². The van der Waals surface area contributed by atoms with Gasteiger partial charge in [0.15, 0.2) is 0 Å². The van der Waals surface area contributed by atoms with Gasteiger partial charge in [0.05, 0.1) is 19.8 Å². The molecule has 0 radical (unpaired) electrons. The molecular formula is C32H42O18. The summed E-state index contributed by atoms with van der Waals surface area (Å²) in [5.74, 6) is 0.204. The first-order valence-corrected chi connectivity index (χ1v) is 15.7. The summed E-state index contributed by atoms with van der Waals surface area (Å²) in [6.07, 6.45) is -19.7. The normalized spacial score (nSPS) is 39.3. The van der Waals surface area contributed by atoms with Crippen molar-refractivity contribution in [2.75, 3.05) is 19.8 Å². The maximum absolute atomic E-state index is 10.5. The fraction of sp³-hybridized carbons (Fsp3) is 0.562. The predicted octanol–water partition coefficient (Wildman–Crippen LogP) is -4.61. The molecule has 0 spiro atoms. The molecule has 278 valence electrons. The summed E-state index contributed by atoms with van der Waals surface area (Å²) in [6, 6.07) is 10.6. The fourth-order valence-corrected chi connectivity index (χ4v) is 5.57. The van der Waals surface area contributed by atoms with Crippen LogP contribution < -0.4 is 14.2 Å². The molecule has 3 aliphatic rings. The number of hydrogen-bond acceptors (Lipinski definition) is 18. The van der Waals surface area contributed by atoms with Gasteiger partial charge in [-0.2, -0.15) is 0 Å². The Morgan fingerprint density at radius 3 is 1.12 bits per heavy atom. The molecule has 2 aromatic carbocycles. The molecule has 3 saturated heterocycles. The third kappa shape index (κ3) is 8.37. The zero-order valence-electron chi connectivity index (χ0n) is 26.3. The van der Waals surface area contributed by atoms with Crippen LogP contribution in [0.2, 0.25) is 0 Å². The predicted molar refractivity (Wildman–Crippen MR) is 165 cm³/mol. The number of rotatable bonds is 11. The number of aliphatic hydroxyl groups excluding tert-OH is 12. The molecular weight excluding hydrogens is 672 g/mol. The molecule has 50 heavy (non-hydrogen) atoms. The number of ether oxygens (including phenoxy) is 6. The van der Waals surface area contributed by atoms with Crippen molar-refractivity contribution < 1.29 is 89.7 Å². The molecule has 1 unspecified atom stereocenters. The van der Waals surface area contributed by atoms with Crippen LogP contribution in [0.15, 0.2) is 42.5 Å². The van der Waals surface area contributed by atoms with Crippen molar-refractivity contribution in [2.45, 2.75) is 92.1 Å². The second-order valence-corrected chi connectivity index (χ2v) is 12.1. The van der Waals surface area contributed by atoms with Gasteiger partial charge in [0.25, 0.3) is 0 Å². The Bertz CT molecular complexity index is 1350. The molecule has 3 fully saturated rings. The van der Waals surface area contributed by atoms with Crippen LogP contribution in [0, 0.1) is 0 Å². The quantitative estimate of drug-likeness (QED) is 0.0975. The van der Waals surface area contributed by atoms with Gasteiger partial charge in [0.1, 0.15) is 90.5 Å². The Morgan fingerprint density at radius 1 is 0.420 bits per heavy atom. The zero-order chi connectivity index (χ0) is 36.3. The van der Waals surface area contributed by atoms with E-state index in [2.05, 4.69) is 0 Å². The summed E-state index contributed by atoms with van der Waals surface area (Å²) in [6.45, 7) is -1.99. The molecule has 3 heterocycles. The van der Waals surface area contributed by atoms with Crippen molar-refractivity contribution in [1.29, 1.82) is 0 Å². The Balaban J connectivity index is 1.36. The van der Waals surface area contributed by atoms with Crippen LogP contribution in [0.25, 0.3) is 12.2 Å². The second kappa shape index (κ2) is 16.5. The van der Waals surface area contributed by atoms with Crippen molar-refractivity contribution >= 4 is 12.2 Å². The van der Waals surface area contributed by atoms with Gasteiger partial charge in [0, 0.05) is 6.07 Å². The molecule has 0 bridgehead atoms. The molecule has 0 saturated carbocycles. The highest BCUT2D eigenvalue weighted by molar-refractivity contribution is 5.71. The van der Waals surface area contributed by atoms with Crippen molar-refractivity contribution in [1.82, 2.24) is 0 Å². The Labute approximate surface area is 284 Å². The van der Waals surface area contributed by atoms with Crippen LogP contribution in [0.5, 0.6) is 17.2 Å². The first-order valence-electron chi connectivity index (χ1n) is 15.7. The molecule has 18 heteroatoms. The number of aliphatic hydroxyl groups is 12. The van der Waals surface area contributed by atoms with Crippen molar-refractivity contribution in [3.05, 3.63) is 53.6 Å². The summed E-state index contributed by atoms with van der Waals surface area (Å²) < 4.78 is 33.4. The van der Waals surface area contributed by atoms with Crippen LogP contribution in [0.3, 0.4) is 0 Å². The van der Waals surface area contributed by atoms with E-state index < -0.39 is 112 Å². The average Bonchev–Trinajstić information content (AvgIpc) is 3.11. The van der Waals surface area contributed by atoms with Crippen LogP contribution in [0.4, 0.5) is 0 Å². The third-order valence-corrected chi connectivity index (χ3v) is 8.55. The largest absolute Gasteiger partial charge is 0.462 e. The molecule has 5 rings (SSSR count). The number of hydrogen-bond donors (Lipinski definition) is 12. The Kier molecular flexibility index (Phi) is 12.6. The lowest BCUT2D eigenvalue weighted by atomic mass is 9.99. The molecule has 0 amide bonds. The summed E-state index contributed by atoms with van der Waals surface area (Å²) >= 11 is 0. The van der Waals surface area contributed by atoms with Crippen LogP contribution >= 0.6 is 0 Å². The molecule has 3 aliphatic heterocycles. The summed E-state index contributed by atoms with van der Waals surface area (Å²) in [5, 5.41) is 120. The SMILES string of the molecule is OC[C@H]1O[C@@H](Oc2ccc(/C=C/c3cc(O[C@@H]4O[C@H](CO)[C@@H](O)[C@H](O)[C@H]4O)cc(O[C@@H]4O[C@H](CO)[C@@H](O)C(O)[C@H]4O)c3)cc2)[C@H](O)[C@@H](O)[C@@H]1O. The smallest absolute Gasteiger partial charge is 0.229 e. The summed E-state index contributed by atoms with van der Waals surface area (Å²) in [4.78, 5) is 0. The van der Waals surface area contributed by atoms with E-state index >= 15 is 0 Å². The van der Waals surface area contributed by atoms with Gasteiger partial charge in [-0.15, -0.1) is 0 Å². The van der Waals surface area contributed by atoms with Gasteiger partial charge in [-0.05, 0) is 35.4 Å². The molecule has 12 N–H and O–H groups in total. The molecule has 15 atom stereocenters. The third-order valence-electron chi connectivity index (χ3n) is 8.55. The Hall–Kier alpha value is -3.02. The number of benzene rings is 2. The van der Waals surface area contributed by atoms with E-state index in [1.807, 2.05) is 0 Å². The molecule has 0 aromatic heterocycles. The Morgan fingerprint density at radius 2 is 0.760 bits per heavy atom. The highest BCUT2D eigenvalue weighted by atomic mass is 16.7. The summed E-state index contributed by atoms with van der Waals surface area (Å²) in [5.41, 5.74) is 1.02. The molecule has 2 aromatic rings. The lowest BCUT2D eigenvalue weighted by Crippen LogP contribution is -2.60. The maximum atomic E-state index is 10.5. The van der Waals surface area contributed by atoms with Gasteiger partial charge in [-0.1, -0.05) is 24.3 Å². The standard InChI is InChI=1S/C32H42O18/c33-10-18-21(36)24(39)27(42)30(48-18)45-15-5-3-13(4-6-15)1-2-14-7-16(46-31-28(43)25(40)22(37)19(11-34)49-31)9-17(8-14)47-32-29(44)26(41)23(38)20(12-35)50-32/h1-9,18-44H,10-12H2/b2-1+/t18-,19-,20-,21-,22-,23-,24+,25+,26?,27-,28-,29-,30-,31-,32-/m1/s1. The average molecular weight is 715 g/mol. The zero-order valence-corrected chi connectivity index (χ0v) is 26.3. The van der Waals surface area contributed by atoms with Crippen molar-refractivity contribution in [2.24, 2.45) is 0 Å². The van der Waals surface area contributed by atoms with Gasteiger partial charge < -0.3 is 89.7 Å².